The molecule has 1 heterocycles. The van der Waals surface area contributed by atoms with Crippen LogP contribution in [0.4, 0.5) is 0 Å². The van der Waals surface area contributed by atoms with Gasteiger partial charge in [0.1, 0.15) is 5.68 Å². The van der Waals surface area contributed by atoms with Gasteiger partial charge >= 0.3 is 0 Å². The minimum absolute atomic E-state index is 0.0185. The van der Waals surface area contributed by atoms with Crippen molar-refractivity contribution < 1.29 is 9.59 Å². The Morgan fingerprint density at radius 3 is 2.48 bits per heavy atom. The third-order valence-electron chi connectivity index (χ3n) is 4.38. The Balaban J connectivity index is 2.03. The summed E-state index contributed by atoms with van der Waals surface area (Å²) in [6.07, 6.45) is 2.45. The third kappa shape index (κ3) is 3.73. The summed E-state index contributed by atoms with van der Waals surface area (Å²) in [6, 6.07) is 14.9. The van der Waals surface area contributed by atoms with Gasteiger partial charge in [0.2, 0.25) is 7.28 Å². The fourth-order valence-electron chi connectivity index (χ4n) is 3.21. The van der Waals surface area contributed by atoms with Crippen LogP contribution in [-0.4, -0.2) is 24.3 Å². The molecule has 0 saturated heterocycles. The second-order valence-corrected chi connectivity index (χ2v) is 7.00. The van der Waals surface area contributed by atoms with Crippen molar-refractivity contribution in [3.8, 4) is 0 Å². The van der Waals surface area contributed by atoms with Crippen molar-refractivity contribution in [1.82, 2.24) is 5.32 Å². The summed E-state index contributed by atoms with van der Waals surface area (Å²) in [6.45, 7) is 5.94. The SMILES string of the molecule is C[B]C(=O)c1ccc2c(c1)CC(C)(C)N/C2=C\C(=O)c1ccccc1. The lowest BCUT2D eigenvalue weighted by Gasteiger charge is -2.35. The highest BCUT2D eigenvalue weighted by atomic mass is 16.1. The summed E-state index contributed by atoms with van der Waals surface area (Å²) < 4.78 is 0. The molecule has 0 bridgehead atoms. The molecule has 2 aromatic rings. The number of hydrogen-bond acceptors (Lipinski definition) is 3. The number of hydrogen-bond donors (Lipinski definition) is 1. The molecule has 0 saturated carbocycles. The minimum atomic E-state index is -0.187. The molecule has 25 heavy (non-hydrogen) atoms. The minimum Gasteiger partial charge on any atom is -0.379 e. The van der Waals surface area contributed by atoms with E-state index in [0.717, 1.165) is 23.2 Å². The van der Waals surface area contributed by atoms with E-state index in [1.165, 1.54) is 0 Å². The first-order valence-electron chi connectivity index (χ1n) is 8.46. The van der Waals surface area contributed by atoms with Gasteiger partial charge in [-0.15, -0.1) is 0 Å². The molecule has 0 aliphatic carbocycles. The van der Waals surface area contributed by atoms with E-state index in [1.807, 2.05) is 48.5 Å². The summed E-state index contributed by atoms with van der Waals surface area (Å²) in [5.41, 5.74) is 4.05. The van der Waals surface area contributed by atoms with Crippen LogP contribution in [0.1, 0.15) is 45.7 Å². The van der Waals surface area contributed by atoms with Crippen molar-refractivity contribution in [2.75, 3.05) is 0 Å². The summed E-state index contributed by atoms with van der Waals surface area (Å²) >= 11 is 0. The molecule has 1 radical (unpaired) electrons. The molecule has 1 N–H and O–H groups in total. The van der Waals surface area contributed by atoms with Gasteiger partial charge in [-0.05, 0) is 31.9 Å². The van der Waals surface area contributed by atoms with Gasteiger partial charge in [-0.1, -0.05) is 49.3 Å². The third-order valence-corrected chi connectivity index (χ3v) is 4.38. The average Bonchev–Trinajstić information content (AvgIpc) is 2.60. The van der Waals surface area contributed by atoms with Gasteiger partial charge in [-0.3, -0.25) is 4.79 Å². The number of benzene rings is 2. The molecule has 0 fully saturated rings. The van der Waals surface area contributed by atoms with E-state index in [2.05, 4.69) is 19.2 Å². The Morgan fingerprint density at radius 1 is 1.08 bits per heavy atom. The summed E-state index contributed by atoms with van der Waals surface area (Å²) in [5.74, 6) is -0.0335. The predicted octanol–water partition coefficient (Wildman–Crippen LogP) is 3.73. The number of carbonyl (C=O) groups is 2. The van der Waals surface area contributed by atoms with Crippen molar-refractivity contribution >= 4 is 24.4 Å². The highest BCUT2D eigenvalue weighted by Crippen LogP contribution is 2.30. The van der Waals surface area contributed by atoms with Gasteiger partial charge in [0, 0.05) is 34.0 Å². The van der Waals surface area contributed by atoms with Crippen LogP contribution in [0, 0.1) is 0 Å². The van der Waals surface area contributed by atoms with Gasteiger partial charge in [-0.25, -0.2) is 0 Å². The number of fused-ring (bicyclic) bond motifs is 1. The molecule has 0 amide bonds. The molecule has 125 valence electrons. The molecule has 0 aromatic heterocycles. The lowest BCUT2D eigenvalue weighted by Crippen LogP contribution is -2.44. The molecule has 1 aliphatic heterocycles. The first-order valence-corrected chi connectivity index (χ1v) is 8.46. The highest BCUT2D eigenvalue weighted by Gasteiger charge is 2.28. The van der Waals surface area contributed by atoms with Crippen LogP contribution >= 0.6 is 0 Å². The molecule has 3 nitrogen and oxygen atoms in total. The monoisotopic (exact) mass is 330 g/mol. The molecule has 0 spiro atoms. The van der Waals surface area contributed by atoms with Crippen LogP contribution in [0.15, 0.2) is 54.6 Å². The van der Waals surface area contributed by atoms with E-state index < -0.39 is 0 Å². The van der Waals surface area contributed by atoms with Gasteiger partial charge in [0.05, 0.1) is 0 Å². The lowest BCUT2D eigenvalue weighted by molar-refractivity contribution is 0.104. The molecular formula is C21H21BNO2. The number of nitrogens with one attached hydrogen (secondary N) is 1. The quantitative estimate of drug-likeness (QED) is 0.528. The number of allylic oxidation sites excluding steroid dienone is 1. The van der Waals surface area contributed by atoms with E-state index in [9.17, 15) is 9.59 Å². The Kier molecular flexibility index (Phi) is 4.62. The molecular weight excluding hydrogens is 309 g/mol. The van der Waals surface area contributed by atoms with Gasteiger partial charge in [-0.2, -0.15) is 0 Å². The zero-order valence-corrected chi connectivity index (χ0v) is 14.8. The Morgan fingerprint density at radius 2 is 1.80 bits per heavy atom. The normalized spacial score (nSPS) is 16.7. The van der Waals surface area contributed by atoms with Crippen LogP contribution in [0.2, 0.25) is 6.82 Å². The van der Waals surface area contributed by atoms with E-state index in [4.69, 9.17) is 0 Å². The maximum Gasteiger partial charge on any atom is 0.205 e. The number of rotatable bonds is 4. The van der Waals surface area contributed by atoms with Crippen LogP contribution in [0.25, 0.3) is 5.70 Å². The fraction of sp³-hybridized carbons (Fsp3) is 0.238. The van der Waals surface area contributed by atoms with E-state index in [0.29, 0.717) is 11.1 Å². The maximum absolute atomic E-state index is 12.6. The molecule has 0 unspecified atom stereocenters. The highest BCUT2D eigenvalue weighted by molar-refractivity contribution is 6.76. The van der Waals surface area contributed by atoms with Crippen LogP contribution in [-0.2, 0) is 6.42 Å². The Hall–Kier alpha value is -2.62. The first-order chi connectivity index (χ1) is 11.9. The number of ketones is 1. The largest absolute Gasteiger partial charge is 0.379 e. The maximum atomic E-state index is 12.6. The molecule has 2 aromatic carbocycles. The molecule has 0 atom stereocenters. The second kappa shape index (κ2) is 6.71. The first kappa shape index (κ1) is 17.2. The van der Waals surface area contributed by atoms with Crippen molar-refractivity contribution in [2.24, 2.45) is 0 Å². The van der Waals surface area contributed by atoms with Crippen molar-refractivity contribution in [3.63, 3.8) is 0 Å². The number of carbonyl (C=O) groups excluding carboxylic acids is 2. The average molecular weight is 330 g/mol. The van der Waals surface area contributed by atoms with Gasteiger partial charge in [0.25, 0.3) is 0 Å². The Bertz CT molecular complexity index is 853. The summed E-state index contributed by atoms with van der Waals surface area (Å²) in [7, 11) is 1.57. The zero-order chi connectivity index (χ0) is 18.0. The van der Waals surface area contributed by atoms with Crippen LogP contribution in [0.3, 0.4) is 0 Å². The van der Waals surface area contributed by atoms with Crippen molar-refractivity contribution in [3.05, 3.63) is 76.9 Å². The fourth-order valence-corrected chi connectivity index (χ4v) is 3.21. The van der Waals surface area contributed by atoms with E-state index in [-0.39, 0.29) is 17.0 Å². The zero-order valence-electron chi connectivity index (χ0n) is 14.8. The summed E-state index contributed by atoms with van der Waals surface area (Å²) in [5, 5.41) is 3.46. The lowest BCUT2D eigenvalue weighted by atomic mass is 9.72. The topological polar surface area (TPSA) is 46.2 Å². The Labute approximate surface area is 149 Å². The summed E-state index contributed by atoms with van der Waals surface area (Å²) in [4.78, 5) is 24.5. The van der Waals surface area contributed by atoms with Gasteiger partial charge in [0.15, 0.2) is 5.78 Å². The molecule has 1 aliphatic rings. The standard InChI is InChI=1S/C21H21BNO2/c1-21(2)13-16-11-15(20(25)22-3)9-10-17(16)18(23-21)12-19(24)14-7-5-4-6-8-14/h4-12,23H,13H2,1-3H3/b18-12-. The molecule has 3 rings (SSSR count). The molecule has 4 heteroatoms. The van der Waals surface area contributed by atoms with E-state index in [1.54, 1.807) is 20.2 Å². The van der Waals surface area contributed by atoms with E-state index >= 15 is 0 Å². The second-order valence-electron chi connectivity index (χ2n) is 7.00. The van der Waals surface area contributed by atoms with Crippen molar-refractivity contribution in [1.29, 1.82) is 0 Å². The van der Waals surface area contributed by atoms with Crippen LogP contribution < -0.4 is 5.32 Å². The smallest absolute Gasteiger partial charge is 0.205 e. The predicted molar refractivity (Wildman–Crippen MR) is 102 cm³/mol. The van der Waals surface area contributed by atoms with Gasteiger partial charge < -0.3 is 10.1 Å². The van der Waals surface area contributed by atoms with Crippen LogP contribution in [0.5, 0.6) is 0 Å². The van der Waals surface area contributed by atoms with Crippen molar-refractivity contribution in [2.45, 2.75) is 32.6 Å².